The maximum atomic E-state index is 2.75. The molecule has 1 nitrogen and oxygen atoms in total. The molecule has 1 aromatic carbocycles. The molecule has 1 N–H and O–H groups in total. The molecule has 0 amide bonds. The molecule has 0 saturated heterocycles. The first-order valence-electron chi connectivity index (χ1n) is 3.67. The first kappa shape index (κ1) is 11.1. The van der Waals surface area contributed by atoms with E-state index in [1.54, 1.807) is 24.4 Å². The summed E-state index contributed by atoms with van der Waals surface area (Å²) < 4.78 is 1.20. The summed E-state index contributed by atoms with van der Waals surface area (Å²) >= 11 is 1.76. The topological polar surface area (TPSA) is 12.0 Å². The van der Waals surface area contributed by atoms with Gasteiger partial charge in [0.2, 0.25) is 0 Å². The van der Waals surface area contributed by atoms with Crippen LogP contribution < -0.4 is 5.32 Å². The van der Waals surface area contributed by atoms with E-state index in [1.165, 1.54) is 9.74 Å². The fraction of sp³-hybridized carbons (Fsp3) is 0.333. The van der Waals surface area contributed by atoms with Crippen molar-refractivity contribution >= 4 is 0 Å². The van der Waals surface area contributed by atoms with Gasteiger partial charge in [0.25, 0.3) is 0 Å². The normalized spacial score (nSPS) is 8.09. The van der Waals surface area contributed by atoms with Crippen molar-refractivity contribution in [2.24, 2.45) is 0 Å². The van der Waals surface area contributed by atoms with E-state index in [2.05, 4.69) is 29.6 Å². The predicted molar refractivity (Wildman–Crippen MR) is 45.1 cm³/mol. The Kier molecular flexibility index (Phi) is 8.19. The van der Waals surface area contributed by atoms with Crippen LogP contribution in [0.25, 0.3) is 0 Å². The van der Waals surface area contributed by atoms with Gasteiger partial charge in [-0.05, 0) is 14.1 Å². The van der Waals surface area contributed by atoms with E-state index in [1.807, 2.05) is 20.2 Å². The molecule has 0 radical (unpaired) electrons. The molecule has 0 atom stereocenters. The Labute approximate surface area is 83.8 Å². The van der Waals surface area contributed by atoms with E-state index >= 15 is 0 Å². The fourth-order valence-corrected chi connectivity index (χ4v) is 1.04. The van der Waals surface area contributed by atoms with E-state index in [-0.39, 0.29) is 0 Å². The molecule has 58 valence electrons. The van der Waals surface area contributed by atoms with E-state index in [4.69, 9.17) is 0 Å². The molecule has 1 rings (SSSR count). The Morgan fingerprint density at radius 1 is 1.18 bits per heavy atom. The van der Waals surface area contributed by atoms with Crippen LogP contribution in [0.5, 0.6) is 0 Å². The summed E-state index contributed by atoms with van der Waals surface area (Å²) in [6.45, 7) is 0. The van der Waals surface area contributed by atoms with Crippen molar-refractivity contribution in [2.45, 2.75) is 4.18 Å². The molecule has 0 spiro atoms. The molecule has 0 aliphatic rings. The molecule has 0 heterocycles. The van der Waals surface area contributed by atoms with Crippen molar-refractivity contribution in [3.63, 3.8) is 0 Å². The Morgan fingerprint density at radius 2 is 1.64 bits per heavy atom. The zero-order valence-corrected chi connectivity index (χ0v) is 8.97. The van der Waals surface area contributed by atoms with Crippen molar-refractivity contribution in [3.05, 3.63) is 35.9 Å². The van der Waals surface area contributed by atoms with Gasteiger partial charge in [-0.3, -0.25) is 0 Å². The molecular weight excluding hydrogens is 167 g/mol. The van der Waals surface area contributed by atoms with Gasteiger partial charge in [-0.25, -0.2) is 0 Å². The summed E-state index contributed by atoms with van der Waals surface area (Å²) in [7, 11) is 3.75. The van der Waals surface area contributed by atoms with Gasteiger partial charge in [0.05, 0.1) is 0 Å². The van der Waals surface area contributed by atoms with Crippen LogP contribution in [0.4, 0.5) is 0 Å². The molecule has 0 fully saturated rings. The van der Waals surface area contributed by atoms with Crippen LogP contribution in [0.1, 0.15) is 5.56 Å². The van der Waals surface area contributed by atoms with Gasteiger partial charge in [0, 0.05) is 0 Å². The molecule has 0 aliphatic heterocycles. The van der Waals surface area contributed by atoms with Gasteiger partial charge in [0.15, 0.2) is 0 Å². The SMILES string of the molecule is CNC.[Sc][CH2]c1ccccc1. The van der Waals surface area contributed by atoms with Gasteiger partial charge in [-0.1, -0.05) is 0 Å². The Hall–Kier alpha value is 0.0501. The summed E-state index contributed by atoms with van der Waals surface area (Å²) in [5.74, 6) is 0. The number of benzene rings is 1. The van der Waals surface area contributed by atoms with Gasteiger partial charge in [-0.2, -0.15) is 0 Å². The van der Waals surface area contributed by atoms with E-state index in [0.717, 1.165) is 0 Å². The van der Waals surface area contributed by atoms with Crippen molar-refractivity contribution in [1.82, 2.24) is 5.32 Å². The third-order valence-electron chi connectivity index (χ3n) is 1.08. The Bertz CT molecular complexity index is 162. The predicted octanol–water partition coefficient (Wildman–Crippen LogP) is 1.57. The standard InChI is InChI=1S/C7H7.C2H7N.Sc/c1-7-5-3-2-4-6-7;1-3-2;/h2-6H,1H2;3H,1-2H3;. The van der Waals surface area contributed by atoms with Crippen LogP contribution in [0.3, 0.4) is 0 Å². The molecule has 0 saturated carbocycles. The van der Waals surface area contributed by atoms with Gasteiger partial charge in [0.1, 0.15) is 0 Å². The second-order valence-corrected chi connectivity index (χ2v) is 2.83. The van der Waals surface area contributed by atoms with Crippen LogP contribution in [0.15, 0.2) is 30.3 Å². The maximum absolute atomic E-state index is 2.75. The van der Waals surface area contributed by atoms with Crippen molar-refractivity contribution in [2.75, 3.05) is 14.1 Å². The van der Waals surface area contributed by atoms with Crippen molar-refractivity contribution in [1.29, 1.82) is 0 Å². The van der Waals surface area contributed by atoms with Crippen LogP contribution >= 0.6 is 0 Å². The Balaban J connectivity index is 0.000000292. The first-order chi connectivity index (χ1) is 5.35. The van der Waals surface area contributed by atoms with E-state index in [0.29, 0.717) is 0 Å². The molecule has 0 bridgehead atoms. The molecule has 0 aliphatic carbocycles. The van der Waals surface area contributed by atoms with Crippen molar-refractivity contribution in [3.8, 4) is 0 Å². The molecule has 0 aromatic heterocycles. The quantitative estimate of drug-likeness (QED) is 0.693. The molecular formula is C9H14NSc. The van der Waals surface area contributed by atoms with Gasteiger partial charge < -0.3 is 5.32 Å². The summed E-state index contributed by atoms with van der Waals surface area (Å²) in [6.07, 6.45) is 0. The van der Waals surface area contributed by atoms with Crippen LogP contribution in [-0.4, -0.2) is 14.1 Å². The number of hydrogen-bond donors (Lipinski definition) is 1. The average Bonchev–Trinajstić information content (AvgIpc) is 2.08. The summed E-state index contributed by atoms with van der Waals surface area (Å²) in [4.78, 5) is 0. The number of hydrogen-bond acceptors (Lipinski definition) is 1. The summed E-state index contributed by atoms with van der Waals surface area (Å²) in [6, 6.07) is 10.5. The minimum atomic E-state index is 1.20. The van der Waals surface area contributed by atoms with E-state index in [9.17, 15) is 0 Å². The second kappa shape index (κ2) is 8.15. The summed E-state index contributed by atoms with van der Waals surface area (Å²) in [5, 5.41) is 2.75. The minimum absolute atomic E-state index is 1.20. The van der Waals surface area contributed by atoms with Crippen LogP contribution in [0, 0.1) is 0 Å². The van der Waals surface area contributed by atoms with Gasteiger partial charge in [-0.15, -0.1) is 0 Å². The molecule has 0 unspecified atom stereocenters. The molecule has 11 heavy (non-hydrogen) atoms. The zero-order valence-electron chi connectivity index (χ0n) is 7.17. The summed E-state index contributed by atoms with van der Waals surface area (Å²) in [5.41, 5.74) is 1.44. The fourth-order valence-electron chi connectivity index (χ4n) is 0.614. The number of rotatable bonds is 1. The average molecular weight is 181 g/mol. The second-order valence-electron chi connectivity index (χ2n) is 2.19. The third-order valence-corrected chi connectivity index (χ3v) is 1.81. The van der Waals surface area contributed by atoms with Crippen LogP contribution in [-0.2, 0) is 28.6 Å². The first-order valence-corrected chi connectivity index (χ1v) is 4.95. The van der Waals surface area contributed by atoms with Crippen molar-refractivity contribution < 1.29 is 24.4 Å². The number of nitrogens with one attached hydrogen (secondary N) is 1. The zero-order chi connectivity index (χ0) is 8.53. The van der Waals surface area contributed by atoms with Gasteiger partial charge >= 0.3 is 64.4 Å². The monoisotopic (exact) mass is 181 g/mol. The Morgan fingerprint density at radius 3 is 1.91 bits per heavy atom. The van der Waals surface area contributed by atoms with E-state index < -0.39 is 0 Å². The van der Waals surface area contributed by atoms with Crippen LogP contribution in [0.2, 0.25) is 0 Å². The molecule has 2 heteroatoms. The molecule has 1 aromatic rings. The third kappa shape index (κ3) is 6.45.